The molecular weight excluding hydrogens is 422 g/mol. The first kappa shape index (κ1) is 19.9. The fraction of sp³-hybridized carbons (Fsp3) is 0.269. The molecule has 5 aromatic rings. The molecule has 0 aliphatic heterocycles. The van der Waals surface area contributed by atoms with Crippen LogP contribution in [0.5, 0.6) is 0 Å². The molecule has 0 fully saturated rings. The summed E-state index contributed by atoms with van der Waals surface area (Å²) in [7, 11) is 0. The molecule has 0 saturated heterocycles. The van der Waals surface area contributed by atoms with Gasteiger partial charge in [0.15, 0.2) is 0 Å². The van der Waals surface area contributed by atoms with Crippen LogP contribution in [-0.4, -0.2) is 4.98 Å². The lowest BCUT2D eigenvalue weighted by Gasteiger charge is -2.16. The van der Waals surface area contributed by atoms with Gasteiger partial charge >= 0.3 is 0 Å². The largest absolute Gasteiger partial charge is 0.256 e. The summed E-state index contributed by atoms with van der Waals surface area (Å²) >= 11 is 5.68. The highest BCUT2D eigenvalue weighted by Crippen LogP contribution is 2.42. The molecule has 0 spiro atoms. The molecule has 0 amide bonds. The first-order valence-corrected chi connectivity index (χ1v) is 12.7. The molecule has 0 N–H and O–H groups in total. The first-order valence-electron chi connectivity index (χ1n) is 10.3. The van der Waals surface area contributed by atoms with Crippen molar-refractivity contribution in [1.82, 2.24) is 4.98 Å². The smallest absolute Gasteiger partial charge is 0.0715 e. The second-order valence-electron chi connectivity index (χ2n) is 9.23. The normalized spacial score (nSPS) is 12.3. The van der Waals surface area contributed by atoms with Crippen LogP contribution in [0, 0.1) is 19.3 Å². The molecule has 0 unspecified atom stereocenters. The van der Waals surface area contributed by atoms with Crippen molar-refractivity contribution in [2.75, 3.05) is 0 Å². The number of aromatic nitrogens is 1. The Morgan fingerprint density at radius 2 is 1.60 bits per heavy atom. The lowest BCUT2D eigenvalue weighted by atomic mass is 9.92. The van der Waals surface area contributed by atoms with E-state index in [1.54, 1.807) is 0 Å². The lowest BCUT2D eigenvalue weighted by molar-refractivity contribution is 0.414. The number of aryl methyl sites for hydroxylation is 2. The minimum atomic E-state index is 0.308. The van der Waals surface area contributed by atoms with E-state index >= 15 is 0 Å². The summed E-state index contributed by atoms with van der Waals surface area (Å²) in [4.78, 5) is 10.3. The molecule has 0 aliphatic carbocycles. The molecule has 4 heteroatoms. The number of hydrogen-bond donors (Lipinski definition) is 0. The van der Waals surface area contributed by atoms with Gasteiger partial charge in [-0.1, -0.05) is 20.8 Å². The molecule has 152 valence electrons. The van der Waals surface area contributed by atoms with Crippen LogP contribution in [0.1, 0.15) is 35.4 Å². The van der Waals surface area contributed by atoms with E-state index in [0.29, 0.717) is 5.41 Å². The lowest BCUT2D eigenvalue weighted by Crippen LogP contribution is -2.07. The van der Waals surface area contributed by atoms with Gasteiger partial charge in [0.25, 0.3) is 0 Å². The van der Waals surface area contributed by atoms with Crippen LogP contribution in [-0.2, 0) is 6.42 Å². The van der Waals surface area contributed by atoms with Crippen LogP contribution in [0.15, 0.2) is 48.7 Å². The molecule has 5 rings (SSSR count). The summed E-state index contributed by atoms with van der Waals surface area (Å²) < 4.78 is 2.74. The second kappa shape index (κ2) is 7.30. The maximum atomic E-state index is 4.79. The molecule has 0 bridgehead atoms. The van der Waals surface area contributed by atoms with Crippen LogP contribution in [0.3, 0.4) is 0 Å². The number of nitrogens with zero attached hydrogens (tertiary/aromatic N) is 1. The van der Waals surface area contributed by atoms with Gasteiger partial charge in [-0.3, -0.25) is 4.98 Å². The van der Waals surface area contributed by atoms with Crippen molar-refractivity contribution >= 4 is 54.2 Å². The highest BCUT2D eigenvalue weighted by molar-refractivity contribution is 7.23. The second-order valence-corrected chi connectivity index (χ2v) is 12.9. The van der Waals surface area contributed by atoms with E-state index in [1.807, 2.05) is 40.2 Å². The zero-order valence-corrected chi connectivity index (χ0v) is 20.4. The molecule has 1 aromatic carbocycles. The Balaban J connectivity index is 1.63. The maximum Gasteiger partial charge on any atom is 0.0715 e. The highest BCUT2D eigenvalue weighted by Gasteiger charge is 2.16. The van der Waals surface area contributed by atoms with Gasteiger partial charge in [0.2, 0.25) is 0 Å². The molecule has 30 heavy (non-hydrogen) atoms. The van der Waals surface area contributed by atoms with E-state index in [1.165, 1.54) is 50.8 Å². The average Bonchev–Trinajstić information content (AvgIpc) is 3.37. The van der Waals surface area contributed by atoms with E-state index in [0.717, 1.165) is 12.1 Å². The van der Waals surface area contributed by atoms with Crippen molar-refractivity contribution in [2.24, 2.45) is 5.41 Å². The quantitative estimate of drug-likeness (QED) is 0.269. The third-order valence-corrected chi connectivity index (χ3v) is 8.45. The van der Waals surface area contributed by atoms with Crippen LogP contribution >= 0.6 is 34.0 Å². The SMILES string of the molecule is Cc1cc2c(cc(-c3cc(-c4ccc(CC(C)(C)C)s4)ccn3)c3cc(C)sc32)s1. The molecule has 0 atom stereocenters. The zero-order valence-electron chi connectivity index (χ0n) is 18.0. The molecule has 0 saturated carbocycles. The fourth-order valence-electron chi connectivity index (χ4n) is 4.03. The van der Waals surface area contributed by atoms with Crippen molar-refractivity contribution in [3.8, 4) is 21.7 Å². The average molecular weight is 448 g/mol. The topological polar surface area (TPSA) is 12.9 Å². The van der Waals surface area contributed by atoms with Gasteiger partial charge in [0, 0.05) is 51.4 Å². The predicted octanol–water partition coefficient (Wildman–Crippen LogP) is 9.11. The molecule has 4 aromatic heterocycles. The van der Waals surface area contributed by atoms with Crippen molar-refractivity contribution in [1.29, 1.82) is 0 Å². The van der Waals surface area contributed by atoms with Crippen molar-refractivity contribution in [2.45, 2.75) is 41.0 Å². The Bertz CT molecular complexity index is 1370. The Morgan fingerprint density at radius 3 is 2.40 bits per heavy atom. The fourth-order valence-corrected chi connectivity index (χ4v) is 7.43. The number of pyridine rings is 1. The minimum absolute atomic E-state index is 0.308. The maximum absolute atomic E-state index is 4.79. The third-order valence-electron chi connectivity index (χ3n) is 5.24. The van der Waals surface area contributed by atoms with Crippen molar-refractivity contribution < 1.29 is 0 Å². The number of rotatable bonds is 3. The van der Waals surface area contributed by atoms with E-state index in [9.17, 15) is 0 Å². The first-order chi connectivity index (χ1) is 14.3. The Morgan fingerprint density at radius 1 is 0.833 bits per heavy atom. The summed E-state index contributed by atoms with van der Waals surface area (Å²) in [5.74, 6) is 0. The van der Waals surface area contributed by atoms with Gasteiger partial charge in [0.1, 0.15) is 0 Å². The van der Waals surface area contributed by atoms with Crippen LogP contribution < -0.4 is 0 Å². The van der Waals surface area contributed by atoms with Gasteiger partial charge in [-0.25, -0.2) is 0 Å². The van der Waals surface area contributed by atoms with Gasteiger partial charge in [-0.05, 0) is 73.7 Å². The minimum Gasteiger partial charge on any atom is -0.256 e. The Kier molecular flexibility index (Phi) is 4.85. The summed E-state index contributed by atoms with van der Waals surface area (Å²) in [6.45, 7) is 11.3. The molecule has 4 heterocycles. The van der Waals surface area contributed by atoms with Crippen molar-refractivity contribution in [3.63, 3.8) is 0 Å². The number of hydrogen-bond acceptors (Lipinski definition) is 4. The number of benzene rings is 1. The predicted molar refractivity (Wildman–Crippen MR) is 136 cm³/mol. The van der Waals surface area contributed by atoms with Gasteiger partial charge < -0.3 is 0 Å². The van der Waals surface area contributed by atoms with Gasteiger partial charge in [-0.2, -0.15) is 0 Å². The standard InChI is InChI=1S/C26H25NS3/c1-15-11-21-24(28-15)13-19(20-10-16(2)29-25(20)21)22-12-17(8-9-27-22)23-7-6-18(30-23)14-26(3,4)5/h6-13H,14H2,1-5H3. The molecular formula is C26H25NS3. The third kappa shape index (κ3) is 3.73. The molecule has 0 aliphatic rings. The monoisotopic (exact) mass is 447 g/mol. The van der Waals surface area contributed by atoms with E-state index in [-0.39, 0.29) is 0 Å². The summed E-state index contributed by atoms with van der Waals surface area (Å²) in [5.41, 5.74) is 3.88. The zero-order chi connectivity index (χ0) is 21.0. The van der Waals surface area contributed by atoms with Crippen LogP contribution in [0.25, 0.3) is 41.9 Å². The van der Waals surface area contributed by atoms with Gasteiger partial charge in [0.05, 0.1) is 5.69 Å². The van der Waals surface area contributed by atoms with Gasteiger partial charge in [-0.15, -0.1) is 34.0 Å². The summed E-state index contributed by atoms with van der Waals surface area (Å²) in [6.07, 6.45) is 3.07. The van der Waals surface area contributed by atoms with E-state index in [4.69, 9.17) is 4.98 Å². The van der Waals surface area contributed by atoms with E-state index < -0.39 is 0 Å². The summed E-state index contributed by atoms with van der Waals surface area (Å²) in [5, 5.41) is 2.71. The Hall–Kier alpha value is -2.01. The molecule has 0 radical (unpaired) electrons. The molecule has 1 nitrogen and oxygen atoms in total. The highest BCUT2D eigenvalue weighted by atomic mass is 32.1. The number of fused-ring (bicyclic) bond motifs is 3. The number of thiophene rings is 3. The Labute approximate surface area is 190 Å². The van der Waals surface area contributed by atoms with Crippen LogP contribution in [0.2, 0.25) is 0 Å². The summed E-state index contributed by atoms with van der Waals surface area (Å²) in [6, 6.07) is 15.9. The van der Waals surface area contributed by atoms with E-state index in [2.05, 4.69) is 77.1 Å². The van der Waals surface area contributed by atoms with Crippen LogP contribution in [0.4, 0.5) is 0 Å². The van der Waals surface area contributed by atoms with Crippen molar-refractivity contribution in [3.05, 3.63) is 63.3 Å².